The summed E-state index contributed by atoms with van der Waals surface area (Å²) in [5.41, 5.74) is 3.15. The Morgan fingerprint density at radius 3 is 2.81 bits per heavy atom. The number of nitrogens with one attached hydrogen (secondary N) is 2. The molecule has 31 heavy (non-hydrogen) atoms. The van der Waals surface area contributed by atoms with Crippen molar-refractivity contribution in [3.05, 3.63) is 59.8 Å². The number of esters is 1. The highest BCUT2D eigenvalue weighted by Gasteiger charge is 2.16. The summed E-state index contributed by atoms with van der Waals surface area (Å²) in [4.78, 5) is 27.4. The van der Waals surface area contributed by atoms with E-state index in [1.165, 1.54) is 10.9 Å². The zero-order chi connectivity index (χ0) is 21.6. The van der Waals surface area contributed by atoms with E-state index in [0.29, 0.717) is 31.1 Å². The summed E-state index contributed by atoms with van der Waals surface area (Å²) in [5, 5.41) is 4.01. The van der Waals surface area contributed by atoms with Crippen molar-refractivity contribution in [1.29, 1.82) is 0 Å². The second-order valence-corrected chi connectivity index (χ2v) is 7.57. The van der Waals surface area contributed by atoms with Gasteiger partial charge in [-0.2, -0.15) is 0 Å². The fourth-order valence-corrected chi connectivity index (χ4v) is 3.68. The number of aromatic amines is 1. The van der Waals surface area contributed by atoms with E-state index in [4.69, 9.17) is 14.2 Å². The predicted octanol–water partition coefficient (Wildman–Crippen LogP) is 3.68. The number of carbonyl (C=O) groups excluding carboxylic acids is 2. The third kappa shape index (κ3) is 5.17. The Morgan fingerprint density at radius 2 is 1.94 bits per heavy atom. The SMILES string of the molecule is CC(NC(=O)COC(=O)CCCc1c[nH]c2ccccc12)c1ccc2c(c1)OCCO2. The van der Waals surface area contributed by atoms with Gasteiger partial charge in [-0.25, -0.2) is 0 Å². The number of rotatable bonds is 8. The van der Waals surface area contributed by atoms with Crippen LogP contribution in [0.4, 0.5) is 0 Å². The highest BCUT2D eigenvalue weighted by atomic mass is 16.6. The maximum absolute atomic E-state index is 12.2. The second-order valence-electron chi connectivity index (χ2n) is 7.57. The molecule has 1 aromatic heterocycles. The van der Waals surface area contributed by atoms with E-state index < -0.39 is 0 Å². The Labute approximate surface area is 180 Å². The summed E-state index contributed by atoms with van der Waals surface area (Å²) in [6.45, 7) is 2.62. The van der Waals surface area contributed by atoms with Crippen molar-refractivity contribution in [2.24, 2.45) is 0 Å². The topological polar surface area (TPSA) is 89.7 Å². The third-order valence-corrected chi connectivity index (χ3v) is 5.31. The highest BCUT2D eigenvalue weighted by molar-refractivity contribution is 5.83. The van der Waals surface area contributed by atoms with Gasteiger partial charge in [-0.3, -0.25) is 9.59 Å². The number of aromatic nitrogens is 1. The maximum atomic E-state index is 12.2. The maximum Gasteiger partial charge on any atom is 0.306 e. The largest absolute Gasteiger partial charge is 0.486 e. The van der Waals surface area contributed by atoms with Crippen molar-refractivity contribution in [2.75, 3.05) is 19.8 Å². The molecule has 0 fully saturated rings. The van der Waals surface area contributed by atoms with E-state index in [2.05, 4.69) is 16.4 Å². The highest BCUT2D eigenvalue weighted by Crippen LogP contribution is 2.32. The summed E-state index contributed by atoms with van der Waals surface area (Å²) in [6.07, 6.45) is 3.68. The van der Waals surface area contributed by atoms with Gasteiger partial charge in [-0.05, 0) is 49.1 Å². The summed E-state index contributed by atoms with van der Waals surface area (Å²) in [7, 11) is 0. The van der Waals surface area contributed by atoms with Gasteiger partial charge in [0.1, 0.15) is 13.2 Å². The van der Waals surface area contributed by atoms with Crippen molar-refractivity contribution in [1.82, 2.24) is 10.3 Å². The Balaban J connectivity index is 1.19. The number of H-pyrrole nitrogens is 1. The van der Waals surface area contributed by atoms with Crippen LogP contribution in [-0.2, 0) is 20.7 Å². The molecule has 0 saturated heterocycles. The van der Waals surface area contributed by atoms with Crippen LogP contribution in [0.15, 0.2) is 48.7 Å². The monoisotopic (exact) mass is 422 g/mol. The standard InChI is InChI=1S/C24H26N2O5/c1-16(17-9-10-21-22(13-17)30-12-11-29-21)26-23(27)15-31-24(28)8-4-5-18-14-25-20-7-3-2-6-19(18)20/h2-3,6-7,9-10,13-14,16,25H,4-5,8,11-12,15H2,1H3,(H,26,27). The van der Waals surface area contributed by atoms with Crippen LogP contribution in [0.5, 0.6) is 11.5 Å². The molecule has 1 atom stereocenters. The van der Waals surface area contributed by atoms with Crippen molar-refractivity contribution in [3.8, 4) is 11.5 Å². The van der Waals surface area contributed by atoms with Crippen LogP contribution in [0.25, 0.3) is 10.9 Å². The molecule has 2 N–H and O–H groups in total. The van der Waals surface area contributed by atoms with Crippen LogP contribution in [0.1, 0.15) is 36.9 Å². The van der Waals surface area contributed by atoms with E-state index in [9.17, 15) is 9.59 Å². The minimum atomic E-state index is -0.373. The summed E-state index contributed by atoms with van der Waals surface area (Å²) < 4.78 is 16.2. The molecule has 1 unspecified atom stereocenters. The molecule has 7 heteroatoms. The van der Waals surface area contributed by atoms with Gasteiger partial charge < -0.3 is 24.5 Å². The lowest BCUT2D eigenvalue weighted by Gasteiger charge is -2.21. The predicted molar refractivity (Wildman–Crippen MR) is 116 cm³/mol. The molecule has 0 radical (unpaired) electrons. The molecular weight excluding hydrogens is 396 g/mol. The number of fused-ring (bicyclic) bond motifs is 2. The van der Waals surface area contributed by atoms with Gasteiger partial charge in [0.2, 0.25) is 0 Å². The Morgan fingerprint density at radius 1 is 1.13 bits per heavy atom. The minimum absolute atomic E-state index is 0.246. The number of carbonyl (C=O) groups is 2. The normalized spacial score (nSPS) is 13.6. The quantitative estimate of drug-likeness (QED) is 0.541. The van der Waals surface area contributed by atoms with E-state index >= 15 is 0 Å². The van der Waals surface area contributed by atoms with Crippen LogP contribution in [0.2, 0.25) is 0 Å². The second kappa shape index (κ2) is 9.55. The van der Waals surface area contributed by atoms with Crippen LogP contribution in [0, 0.1) is 0 Å². The lowest BCUT2D eigenvalue weighted by molar-refractivity contribution is -0.148. The van der Waals surface area contributed by atoms with Gasteiger partial charge in [-0.1, -0.05) is 24.3 Å². The van der Waals surface area contributed by atoms with E-state index in [1.807, 2.05) is 49.5 Å². The molecule has 1 amide bonds. The van der Waals surface area contributed by atoms with Gasteiger partial charge in [0.15, 0.2) is 18.1 Å². The smallest absolute Gasteiger partial charge is 0.306 e. The Hall–Kier alpha value is -3.48. The number of aryl methyl sites for hydroxylation is 1. The zero-order valence-corrected chi connectivity index (χ0v) is 17.5. The molecule has 162 valence electrons. The Kier molecular flexibility index (Phi) is 6.40. The first-order valence-corrected chi connectivity index (χ1v) is 10.5. The van der Waals surface area contributed by atoms with Crippen LogP contribution < -0.4 is 14.8 Å². The number of hydrogen-bond acceptors (Lipinski definition) is 5. The molecular formula is C24H26N2O5. The lowest BCUT2D eigenvalue weighted by atomic mass is 10.1. The van der Waals surface area contributed by atoms with Crippen LogP contribution >= 0.6 is 0 Å². The van der Waals surface area contributed by atoms with Gasteiger partial charge in [-0.15, -0.1) is 0 Å². The van der Waals surface area contributed by atoms with Gasteiger partial charge >= 0.3 is 5.97 Å². The molecule has 4 rings (SSSR count). The van der Waals surface area contributed by atoms with E-state index in [1.54, 1.807) is 0 Å². The van der Waals surface area contributed by atoms with Crippen molar-refractivity contribution >= 4 is 22.8 Å². The molecule has 0 bridgehead atoms. The van der Waals surface area contributed by atoms with Gasteiger partial charge in [0.25, 0.3) is 5.91 Å². The van der Waals surface area contributed by atoms with Crippen molar-refractivity contribution in [2.45, 2.75) is 32.2 Å². The zero-order valence-electron chi connectivity index (χ0n) is 17.5. The molecule has 1 aliphatic heterocycles. The number of benzene rings is 2. The number of para-hydroxylation sites is 1. The first kappa shape index (κ1) is 20.8. The fourth-order valence-electron chi connectivity index (χ4n) is 3.68. The van der Waals surface area contributed by atoms with Gasteiger partial charge in [0, 0.05) is 23.5 Å². The van der Waals surface area contributed by atoms with Crippen LogP contribution in [-0.4, -0.2) is 36.7 Å². The average molecular weight is 422 g/mol. The minimum Gasteiger partial charge on any atom is -0.486 e. The van der Waals surface area contributed by atoms with Crippen LogP contribution in [0.3, 0.4) is 0 Å². The van der Waals surface area contributed by atoms with Crippen molar-refractivity contribution in [3.63, 3.8) is 0 Å². The molecule has 7 nitrogen and oxygen atoms in total. The first-order valence-electron chi connectivity index (χ1n) is 10.5. The number of hydrogen-bond donors (Lipinski definition) is 2. The molecule has 3 aromatic rings. The first-order chi connectivity index (χ1) is 15.1. The molecule has 2 aromatic carbocycles. The summed E-state index contributed by atoms with van der Waals surface area (Å²) >= 11 is 0. The third-order valence-electron chi connectivity index (χ3n) is 5.31. The van der Waals surface area contributed by atoms with Crippen molar-refractivity contribution < 1.29 is 23.8 Å². The lowest BCUT2D eigenvalue weighted by Crippen LogP contribution is -2.31. The molecule has 0 saturated carbocycles. The molecule has 0 spiro atoms. The molecule has 0 aliphatic carbocycles. The number of amides is 1. The number of ether oxygens (including phenoxy) is 3. The van der Waals surface area contributed by atoms with E-state index in [0.717, 1.165) is 17.5 Å². The summed E-state index contributed by atoms with van der Waals surface area (Å²) in [5.74, 6) is 0.663. The fraction of sp³-hybridized carbons (Fsp3) is 0.333. The summed E-state index contributed by atoms with van der Waals surface area (Å²) in [6, 6.07) is 13.4. The molecule has 1 aliphatic rings. The molecule has 2 heterocycles. The Bertz CT molecular complexity index is 1070. The van der Waals surface area contributed by atoms with Gasteiger partial charge in [0.05, 0.1) is 6.04 Å². The van der Waals surface area contributed by atoms with E-state index in [-0.39, 0.29) is 30.9 Å². The average Bonchev–Trinajstić information content (AvgIpc) is 3.20.